The molecule has 0 aromatic carbocycles. The third-order valence-corrected chi connectivity index (χ3v) is 12.5. The van der Waals surface area contributed by atoms with E-state index in [9.17, 15) is 24.6 Å². The maximum Gasteiger partial charge on any atom is 0.352 e. The minimum Gasteiger partial charge on any atom is -0.477 e. The maximum atomic E-state index is 13.5. The van der Waals surface area contributed by atoms with Gasteiger partial charge in [-0.2, -0.15) is 5.10 Å². The van der Waals surface area contributed by atoms with Gasteiger partial charge in [-0.1, -0.05) is 53.8 Å². The normalized spacial score (nSPS) is 18.6. The van der Waals surface area contributed by atoms with Crippen molar-refractivity contribution in [2.75, 3.05) is 18.5 Å². The molecule has 8 nitrogen and oxygen atoms in total. The summed E-state index contributed by atoms with van der Waals surface area (Å²) >= 11 is 0. The molecule has 0 aliphatic carbocycles. The van der Waals surface area contributed by atoms with E-state index < -0.39 is 30.9 Å². The molecule has 1 aromatic heterocycles. The lowest BCUT2D eigenvalue weighted by molar-refractivity contribution is -0.156. The molecule has 0 radical (unpaired) electrons. The van der Waals surface area contributed by atoms with E-state index in [1.54, 1.807) is 17.7 Å². The van der Waals surface area contributed by atoms with Crippen LogP contribution in [-0.2, 0) is 22.6 Å². The van der Waals surface area contributed by atoms with Crippen molar-refractivity contribution in [3.8, 4) is 0 Å². The number of hydrogen-bond donors (Lipinski definition) is 2. The molecule has 1 fully saturated rings. The largest absolute Gasteiger partial charge is 0.477 e. The Morgan fingerprint density at radius 2 is 1.57 bits per heavy atom. The zero-order valence-corrected chi connectivity index (χ0v) is 24.6. The molecule has 1 amide bonds. The molecule has 3 unspecified atom stereocenters. The molecule has 2 heterocycles. The highest BCUT2D eigenvalue weighted by Crippen LogP contribution is 2.54. The van der Waals surface area contributed by atoms with Crippen molar-refractivity contribution in [2.45, 2.75) is 112 Å². The molecule has 210 valence electrons. The quantitative estimate of drug-likeness (QED) is 0.166. The van der Waals surface area contributed by atoms with Gasteiger partial charge in [-0.05, 0) is 64.1 Å². The van der Waals surface area contributed by atoms with Crippen molar-refractivity contribution in [3.63, 3.8) is 0 Å². The molecular formula is C28H48N3O5P. The summed E-state index contributed by atoms with van der Waals surface area (Å²) in [5.41, 5.74) is 1.53. The van der Waals surface area contributed by atoms with Crippen molar-refractivity contribution >= 4 is 30.0 Å². The monoisotopic (exact) mass is 537 g/mol. The molecule has 2 N–H and O–H groups in total. The zero-order valence-electron chi connectivity index (χ0n) is 23.7. The third kappa shape index (κ3) is 6.94. The second kappa shape index (κ2) is 14.3. The highest BCUT2D eigenvalue weighted by Gasteiger charge is 2.54. The fourth-order valence-corrected chi connectivity index (χ4v) is 10.8. The number of aliphatic hydroxyl groups is 1. The number of carboxylic acids is 1. The number of ketones is 1. The van der Waals surface area contributed by atoms with E-state index >= 15 is 0 Å². The van der Waals surface area contributed by atoms with E-state index in [0.29, 0.717) is 12.2 Å². The van der Waals surface area contributed by atoms with Gasteiger partial charge in [0.2, 0.25) is 5.91 Å². The summed E-state index contributed by atoms with van der Waals surface area (Å²) in [5.74, 6) is -2.43. The van der Waals surface area contributed by atoms with Crippen molar-refractivity contribution in [3.05, 3.63) is 17.5 Å². The molecule has 1 aromatic rings. The number of aliphatic hydroxyl groups excluding tert-OH is 1. The van der Waals surface area contributed by atoms with E-state index in [4.69, 9.17) is 0 Å². The smallest absolute Gasteiger partial charge is 0.352 e. The highest BCUT2D eigenvalue weighted by atomic mass is 31.2. The first-order valence-electron chi connectivity index (χ1n) is 14.2. The van der Waals surface area contributed by atoms with Crippen LogP contribution in [0.4, 0.5) is 0 Å². The van der Waals surface area contributed by atoms with Gasteiger partial charge in [0.1, 0.15) is 11.1 Å². The molecular weight excluding hydrogens is 489 g/mol. The average Bonchev–Trinajstić information content (AvgIpc) is 3.30. The number of carboxylic acid groups (broad SMARTS) is 1. The van der Waals surface area contributed by atoms with Crippen LogP contribution in [-0.4, -0.2) is 78.6 Å². The van der Waals surface area contributed by atoms with Gasteiger partial charge in [0.15, 0.2) is 5.78 Å². The molecule has 1 saturated heterocycles. The molecule has 1 aliphatic heterocycles. The molecule has 3 atom stereocenters. The van der Waals surface area contributed by atoms with E-state index in [1.807, 2.05) is 13.8 Å². The Kier molecular flexibility index (Phi) is 12.1. The molecule has 0 bridgehead atoms. The van der Waals surface area contributed by atoms with Gasteiger partial charge in [-0.3, -0.25) is 14.3 Å². The second-order valence-electron chi connectivity index (χ2n) is 10.4. The first kappa shape index (κ1) is 31.3. The van der Waals surface area contributed by atoms with Crippen molar-refractivity contribution < 1.29 is 24.6 Å². The zero-order chi connectivity index (χ0) is 27.8. The van der Waals surface area contributed by atoms with Crippen LogP contribution in [0.2, 0.25) is 0 Å². The molecule has 0 spiro atoms. The lowest BCUT2D eigenvalue weighted by Crippen LogP contribution is -2.68. The van der Waals surface area contributed by atoms with Crippen LogP contribution in [0.3, 0.4) is 0 Å². The standard InChI is InChI=1S/C28H48N3O5P/c1-7-12-15-37(16-13-8-2,17-14-9-3)27(28(35)36)31-23(25(20(6)32)26(31)34)19-24(33)22-18-21(10-4)30(11-5)29-22/h18,20,23,25,32H,7-17,19H2,1-6H3,(H,35,36). The van der Waals surface area contributed by atoms with Crippen LogP contribution in [0.15, 0.2) is 6.07 Å². The number of Topliss-reactive ketones (excluding diaryl/α,β-unsaturated/α-hetero) is 1. The number of aryl methyl sites for hydroxylation is 2. The minimum atomic E-state index is -2.18. The maximum absolute atomic E-state index is 13.5. The first-order valence-corrected chi connectivity index (χ1v) is 16.5. The fraction of sp³-hybridized carbons (Fsp3) is 0.750. The van der Waals surface area contributed by atoms with Crippen molar-refractivity contribution in [1.29, 1.82) is 0 Å². The Morgan fingerprint density at radius 1 is 1.03 bits per heavy atom. The Morgan fingerprint density at radius 3 is 1.95 bits per heavy atom. The number of nitrogens with zero attached hydrogens (tertiary/aromatic N) is 3. The van der Waals surface area contributed by atoms with Gasteiger partial charge in [-0.25, -0.2) is 4.79 Å². The summed E-state index contributed by atoms with van der Waals surface area (Å²) in [6, 6.07) is 1.11. The number of β-lactam (4-membered cyclic amide) rings is 1. The predicted octanol–water partition coefficient (Wildman–Crippen LogP) is 4.88. The van der Waals surface area contributed by atoms with Gasteiger partial charge >= 0.3 is 5.97 Å². The molecule has 2 rings (SSSR count). The lowest BCUT2D eigenvalue weighted by atomic mass is 9.80. The number of rotatable bonds is 17. The summed E-state index contributed by atoms with van der Waals surface area (Å²) in [4.78, 5) is 41.2. The van der Waals surface area contributed by atoms with E-state index in [1.165, 1.54) is 4.90 Å². The number of aliphatic carboxylic acids is 1. The summed E-state index contributed by atoms with van der Waals surface area (Å²) in [7, 11) is 0. The van der Waals surface area contributed by atoms with Crippen molar-refractivity contribution in [1.82, 2.24) is 14.7 Å². The fourth-order valence-electron chi connectivity index (χ4n) is 5.59. The Hall–Kier alpha value is -1.92. The molecule has 37 heavy (non-hydrogen) atoms. The number of hydrogen-bond acceptors (Lipinski definition) is 5. The van der Waals surface area contributed by atoms with Gasteiger partial charge in [0.05, 0.1) is 18.1 Å². The summed E-state index contributed by atoms with van der Waals surface area (Å²) in [6.45, 7) is 10.3. The lowest BCUT2D eigenvalue weighted by Gasteiger charge is -2.50. The predicted molar refractivity (Wildman–Crippen MR) is 151 cm³/mol. The van der Waals surface area contributed by atoms with Gasteiger partial charge in [-0.15, -0.1) is 0 Å². The molecule has 1 aliphatic rings. The Bertz CT molecular complexity index is 950. The van der Waals surface area contributed by atoms with Crippen LogP contribution in [0, 0.1) is 5.92 Å². The topological polar surface area (TPSA) is 113 Å². The first-order chi connectivity index (χ1) is 17.6. The summed E-state index contributed by atoms with van der Waals surface area (Å²) in [5, 5.41) is 25.5. The second-order valence-corrected chi connectivity index (χ2v) is 14.4. The third-order valence-electron chi connectivity index (χ3n) is 7.68. The Balaban J connectivity index is 2.62. The SMILES string of the molecule is CCCCP(CCCC)(CCCC)=C(C(=O)O)N1C(=O)C(C(C)O)C1CC(=O)c1cc(CC)n(CC)n1. The number of amides is 1. The Labute approximate surface area is 222 Å². The minimum absolute atomic E-state index is 0.0443. The number of likely N-dealkylation sites (tertiary alicyclic amines) is 1. The van der Waals surface area contributed by atoms with Crippen LogP contribution in [0.5, 0.6) is 0 Å². The van der Waals surface area contributed by atoms with Gasteiger partial charge < -0.3 is 15.1 Å². The molecule has 9 heteroatoms. The number of unbranched alkanes of at least 4 members (excludes halogenated alkanes) is 3. The highest BCUT2D eigenvalue weighted by molar-refractivity contribution is 7.77. The van der Waals surface area contributed by atoms with Crippen LogP contribution < -0.4 is 0 Å². The van der Waals surface area contributed by atoms with Crippen LogP contribution in [0.1, 0.15) is 103 Å². The number of carbonyl (C=O) groups excluding carboxylic acids is 2. The summed E-state index contributed by atoms with van der Waals surface area (Å²) in [6.07, 6.45) is 7.75. The molecule has 0 saturated carbocycles. The summed E-state index contributed by atoms with van der Waals surface area (Å²) < 4.78 is 1.80. The van der Waals surface area contributed by atoms with Gasteiger partial charge in [0, 0.05) is 18.7 Å². The van der Waals surface area contributed by atoms with Gasteiger partial charge in [0.25, 0.3) is 0 Å². The number of carbonyl (C=O) groups is 3. The van der Waals surface area contributed by atoms with Crippen molar-refractivity contribution in [2.24, 2.45) is 5.92 Å². The van der Waals surface area contributed by atoms with E-state index in [0.717, 1.165) is 69.1 Å². The average molecular weight is 538 g/mol. The number of aromatic nitrogens is 2. The van der Waals surface area contributed by atoms with E-state index in [-0.39, 0.29) is 23.5 Å². The van der Waals surface area contributed by atoms with Crippen LogP contribution >= 0.6 is 6.89 Å². The van der Waals surface area contributed by atoms with Crippen LogP contribution in [0.25, 0.3) is 0 Å². The van der Waals surface area contributed by atoms with E-state index in [2.05, 4.69) is 25.9 Å².